The van der Waals surface area contributed by atoms with E-state index in [1.54, 1.807) is 0 Å². The Balaban J connectivity index is 3.13. The predicted octanol–water partition coefficient (Wildman–Crippen LogP) is 1.73. The molecule has 0 fully saturated rings. The van der Waals surface area contributed by atoms with Gasteiger partial charge in [-0.2, -0.15) is 0 Å². The molecule has 0 amide bonds. The fourth-order valence-electron chi connectivity index (χ4n) is 1.22. The molecule has 0 atom stereocenters. The Morgan fingerprint density at radius 2 is 1.62 bits per heavy atom. The molecule has 0 bridgehead atoms. The lowest BCUT2D eigenvalue weighted by molar-refractivity contribution is -0.870. The molecule has 0 aliphatic carbocycles. The molecule has 0 saturated carbocycles. The van der Waals surface area contributed by atoms with Gasteiger partial charge in [0, 0.05) is 6.42 Å². The molecule has 0 aliphatic heterocycles. The Labute approximate surface area is 80.9 Å². The van der Waals surface area contributed by atoms with Gasteiger partial charge in [-0.15, -0.1) is 0 Å². The topological polar surface area (TPSA) is 37.3 Å². The number of rotatable bonds is 7. The quantitative estimate of drug-likeness (QED) is 0.488. The largest absolute Gasteiger partial charge is 0.481 e. The molecule has 0 heterocycles. The number of carbonyl (C=O) groups is 1. The van der Waals surface area contributed by atoms with E-state index in [1.165, 1.54) is 13.0 Å². The molecule has 0 rings (SSSR count). The second kappa shape index (κ2) is 5.97. The van der Waals surface area contributed by atoms with E-state index < -0.39 is 5.97 Å². The summed E-state index contributed by atoms with van der Waals surface area (Å²) < 4.78 is 0.999. The Kier molecular flexibility index (Phi) is 5.71. The summed E-state index contributed by atoms with van der Waals surface area (Å²) in [6.45, 7) is 1.17. The molecule has 0 spiro atoms. The van der Waals surface area contributed by atoms with Gasteiger partial charge in [0.1, 0.15) is 0 Å². The van der Waals surface area contributed by atoms with Crippen LogP contribution in [0.3, 0.4) is 0 Å². The summed E-state index contributed by atoms with van der Waals surface area (Å²) in [5.41, 5.74) is 0. The van der Waals surface area contributed by atoms with Crippen LogP contribution in [-0.4, -0.2) is 43.2 Å². The van der Waals surface area contributed by atoms with Crippen molar-refractivity contribution in [2.45, 2.75) is 32.1 Å². The number of carboxylic acid groups (broad SMARTS) is 1. The maximum Gasteiger partial charge on any atom is 0.303 e. The highest BCUT2D eigenvalue weighted by Crippen LogP contribution is 2.05. The monoisotopic (exact) mass is 188 g/mol. The second-order valence-corrected chi connectivity index (χ2v) is 4.57. The van der Waals surface area contributed by atoms with Crippen molar-refractivity contribution in [2.75, 3.05) is 27.7 Å². The van der Waals surface area contributed by atoms with Crippen LogP contribution < -0.4 is 0 Å². The van der Waals surface area contributed by atoms with Crippen molar-refractivity contribution in [2.24, 2.45) is 0 Å². The number of unbranched alkanes of at least 4 members (excludes halogenated alkanes) is 3. The average molecular weight is 188 g/mol. The average Bonchev–Trinajstić information content (AvgIpc) is 1.93. The minimum absolute atomic E-state index is 0.324. The van der Waals surface area contributed by atoms with Crippen LogP contribution in [0.15, 0.2) is 0 Å². The lowest BCUT2D eigenvalue weighted by atomic mass is 10.1. The summed E-state index contributed by atoms with van der Waals surface area (Å²) in [7, 11) is 6.53. The van der Waals surface area contributed by atoms with Crippen molar-refractivity contribution in [3.05, 3.63) is 0 Å². The maximum atomic E-state index is 10.2. The van der Waals surface area contributed by atoms with E-state index in [0.717, 1.165) is 23.7 Å². The van der Waals surface area contributed by atoms with Crippen LogP contribution >= 0.6 is 0 Å². The van der Waals surface area contributed by atoms with Crippen LogP contribution in [0.5, 0.6) is 0 Å². The van der Waals surface area contributed by atoms with Gasteiger partial charge in [-0.25, -0.2) is 0 Å². The van der Waals surface area contributed by atoms with Crippen molar-refractivity contribution in [1.29, 1.82) is 0 Å². The molecule has 0 aromatic rings. The number of hydrogen-bond donors (Lipinski definition) is 1. The highest BCUT2D eigenvalue weighted by Gasteiger charge is 2.05. The van der Waals surface area contributed by atoms with Crippen molar-refractivity contribution in [3.8, 4) is 0 Å². The van der Waals surface area contributed by atoms with Gasteiger partial charge in [-0.1, -0.05) is 6.42 Å². The molecular weight excluding hydrogens is 166 g/mol. The van der Waals surface area contributed by atoms with E-state index in [0.29, 0.717) is 6.42 Å². The van der Waals surface area contributed by atoms with Gasteiger partial charge in [0.25, 0.3) is 0 Å². The lowest BCUT2D eigenvalue weighted by Gasteiger charge is -2.23. The summed E-state index contributed by atoms with van der Waals surface area (Å²) in [5.74, 6) is -0.674. The van der Waals surface area contributed by atoms with E-state index in [4.69, 9.17) is 5.11 Å². The number of aliphatic carboxylic acids is 1. The first-order valence-electron chi connectivity index (χ1n) is 4.94. The lowest BCUT2D eigenvalue weighted by Crippen LogP contribution is -2.35. The number of quaternary nitrogens is 1. The van der Waals surface area contributed by atoms with Gasteiger partial charge >= 0.3 is 5.97 Å². The number of hydrogen-bond acceptors (Lipinski definition) is 1. The van der Waals surface area contributed by atoms with E-state index >= 15 is 0 Å². The van der Waals surface area contributed by atoms with Gasteiger partial charge in [-0.3, -0.25) is 4.79 Å². The first-order chi connectivity index (χ1) is 5.92. The molecule has 1 N–H and O–H groups in total. The van der Waals surface area contributed by atoms with Crippen LogP contribution in [0.25, 0.3) is 0 Å². The van der Waals surface area contributed by atoms with Gasteiger partial charge in [-0.05, 0) is 19.3 Å². The third-order valence-electron chi connectivity index (χ3n) is 1.97. The first kappa shape index (κ1) is 12.4. The van der Waals surface area contributed by atoms with Crippen LogP contribution in [-0.2, 0) is 4.79 Å². The molecule has 0 aromatic carbocycles. The van der Waals surface area contributed by atoms with E-state index in [1.807, 2.05) is 0 Å². The standard InChI is InChI=1S/C10H21NO2/c1-11(2,3)9-7-5-4-6-8-10(12)13/h4-9H2,1-3H3/p+1. The van der Waals surface area contributed by atoms with Crippen molar-refractivity contribution >= 4 is 5.97 Å². The van der Waals surface area contributed by atoms with Gasteiger partial charge in [0.05, 0.1) is 27.7 Å². The molecule has 0 radical (unpaired) electrons. The summed E-state index contributed by atoms with van der Waals surface area (Å²) in [6, 6.07) is 0. The van der Waals surface area contributed by atoms with Crippen LogP contribution in [0.4, 0.5) is 0 Å². The van der Waals surface area contributed by atoms with Crippen LogP contribution in [0, 0.1) is 0 Å². The third kappa shape index (κ3) is 11.4. The fourth-order valence-corrected chi connectivity index (χ4v) is 1.22. The van der Waals surface area contributed by atoms with Gasteiger partial charge in [0.15, 0.2) is 0 Å². The minimum atomic E-state index is -0.674. The Morgan fingerprint density at radius 3 is 2.08 bits per heavy atom. The molecule has 78 valence electrons. The molecule has 0 unspecified atom stereocenters. The second-order valence-electron chi connectivity index (χ2n) is 4.57. The zero-order chi connectivity index (χ0) is 10.3. The maximum absolute atomic E-state index is 10.2. The fraction of sp³-hybridized carbons (Fsp3) is 0.900. The molecule has 0 aromatic heterocycles. The van der Waals surface area contributed by atoms with Crippen molar-refractivity contribution < 1.29 is 14.4 Å². The minimum Gasteiger partial charge on any atom is -0.481 e. The first-order valence-corrected chi connectivity index (χ1v) is 4.94. The molecule has 0 aliphatic rings. The van der Waals surface area contributed by atoms with E-state index in [9.17, 15) is 4.79 Å². The highest BCUT2D eigenvalue weighted by molar-refractivity contribution is 5.66. The Bertz CT molecular complexity index is 149. The summed E-state index contributed by atoms with van der Waals surface area (Å²) in [4.78, 5) is 10.2. The summed E-state index contributed by atoms with van der Waals surface area (Å²) in [6.07, 6.45) is 4.55. The number of carboxylic acids is 1. The summed E-state index contributed by atoms with van der Waals surface area (Å²) >= 11 is 0. The highest BCUT2D eigenvalue weighted by atomic mass is 16.4. The Morgan fingerprint density at radius 1 is 1.08 bits per heavy atom. The van der Waals surface area contributed by atoms with Gasteiger partial charge < -0.3 is 9.59 Å². The van der Waals surface area contributed by atoms with Crippen molar-refractivity contribution in [1.82, 2.24) is 0 Å². The molecule has 3 nitrogen and oxygen atoms in total. The summed E-state index contributed by atoms with van der Waals surface area (Å²) in [5, 5.41) is 8.40. The molecule has 13 heavy (non-hydrogen) atoms. The molecular formula is C10H22NO2+. The Hall–Kier alpha value is -0.570. The van der Waals surface area contributed by atoms with E-state index in [2.05, 4.69) is 21.1 Å². The number of nitrogens with zero attached hydrogens (tertiary/aromatic N) is 1. The van der Waals surface area contributed by atoms with Gasteiger partial charge in [0.2, 0.25) is 0 Å². The smallest absolute Gasteiger partial charge is 0.303 e. The van der Waals surface area contributed by atoms with Crippen LogP contribution in [0.1, 0.15) is 32.1 Å². The third-order valence-corrected chi connectivity index (χ3v) is 1.97. The zero-order valence-electron chi connectivity index (χ0n) is 9.05. The van der Waals surface area contributed by atoms with Crippen molar-refractivity contribution in [3.63, 3.8) is 0 Å². The normalized spacial score (nSPS) is 11.6. The molecule has 0 saturated heterocycles. The molecule has 3 heteroatoms. The predicted molar refractivity (Wildman–Crippen MR) is 53.6 cm³/mol. The SMILES string of the molecule is C[N+](C)(C)CCCCCCC(=O)O. The zero-order valence-corrected chi connectivity index (χ0v) is 9.05. The van der Waals surface area contributed by atoms with Crippen LogP contribution in [0.2, 0.25) is 0 Å². The van der Waals surface area contributed by atoms with E-state index in [-0.39, 0.29) is 0 Å².